The second-order valence-electron chi connectivity index (χ2n) is 8.11. The quantitative estimate of drug-likeness (QED) is 0.434. The second kappa shape index (κ2) is 9.23. The number of hydrogen-bond donors (Lipinski definition) is 2. The predicted octanol–water partition coefficient (Wildman–Crippen LogP) is 4.16. The van der Waals surface area contributed by atoms with Crippen molar-refractivity contribution in [2.24, 2.45) is 5.10 Å². The van der Waals surface area contributed by atoms with Crippen molar-refractivity contribution in [3.8, 4) is 0 Å². The Hall–Kier alpha value is -4.01. The van der Waals surface area contributed by atoms with Crippen LogP contribution in [0.2, 0.25) is 0 Å². The Labute approximate surface area is 191 Å². The number of anilines is 3. The van der Waals surface area contributed by atoms with E-state index in [1.807, 2.05) is 28.9 Å². The third-order valence-electron chi connectivity index (χ3n) is 5.72. The molecule has 5 rings (SSSR count). The first kappa shape index (κ1) is 20.9. The molecular weight excluding hydrogens is 419 g/mol. The fourth-order valence-electron chi connectivity index (χ4n) is 4.00. The lowest BCUT2D eigenvalue weighted by molar-refractivity contribution is 0.240. The lowest BCUT2D eigenvalue weighted by Crippen LogP contribution is -2.24. The number of aromatic nitrogens is 4. The highest BCUT2D eigenvalue weighted by atomic mass is 19.1. The van der Waals surface area contributed by atoms with Gasteiger partial charge in [0.25, 0.3) is 0 Å². The normalized spacial score (nSPS) is 14.3. The number of nitrogens with two attached hydrogens (primary N) is 1. The largest absolute Gasteiger partial charge is 0.383 e. The third-order valence-corrected chi connectivity index (χ3v) is 5.72. The number of nitrogen functional groups attached to an aromatic ring is 1. The zero-order valence-electron chi connectivity index (χ0n) is 18.2. The molecule has 0 unspecified atom stereocenters. The highest BCUT2D eigenvalue weighted by molar-refractivity contribution is 5.93. The van der Waals surface area contributed by atoms with Crippen LogP contribution >= 0.6 is 0 Å². The van der Waals surface area contributed by atoms with Crippen molar-refractivity contribution in [3.63, 3.8) is 0 Å². The summed E-state index contributed by atoms with van der Waals surface area (Å²) in [5.74, 6) is 0.714. The molecule has 0 aliphatic carbocycles. The molecular formula is C24H25FN8. The van der Waals surface area contributed by atoms with Crippen LogP contribution in [-0.2, 0) is 6.54 Å². The lowest BCUT2D eigenvalue weighted by atomic mass is 10.2. The summed E-state index contributed by atoms with van der Waals surface area (Å²) >= 11 is 0. The highest BCUT2D eigenvalue weighted by Crippen LogP contribution is 2.25. The molecule has 2 aromatic heterocycles. The van der Waals surface area contributed by atoms with E-state index < -0.39 is 0 Å². The highest BCUT2D eigenvalue weighted by Gasteiger charge is 2.12. The molecule has 0 atom stereocenters. The molecule has 1 saturated heterocycles. The minimum atomic E-state index is -0.251. The summed E-state index contributed by atoms with van der Waals surface area (Å²) in [6.45, 7) is 2.39. The fourth-order valence-corrected chi connectivity index (χ4v) is 4.00. The zero-order valence-corrected chi connectivity index (χ0v) is 18.2. The Morgan fingerprint density at radius 1 is 1.09 bits per heavy atom. The summed E-state index contributed by atoms with van der Waals surface area (Å²) in [7, 11) is 0. The van der Waals surface area contributed by atoms with Crippen molar-refractivity contribution in [2.75, 3.05) is 24.1 Å². The van der Waals surface area contributed by atoms with Gasteiger partial charge in [-0.25, -0.2) is 14.4 Å². The van der Waals surface area contributed by atoms with Gasteiger partial charge in [-0.3, -0.25) is 9.69 Å². The summed E-state index contributed by atoms with van der Waals surface area (Å²) in [4.78, 5) is 8.50. The molecule has 3 N–H and O–H groups in total. The third kappa shape index (κ3) is 4.77. The van der Waals surface area contributed by atoms with Gasteiger partial charge in [0.1, 0.15) is 23.8 Å². The first-order valence-corrected chi connectivity index (χ1v) is 11.0. The Morgan fingerprint density at radius 2 is 1.97 bits per heavy atom. The topological polar surface area (TPSA) is 97.2 Å². The fraction of sp³-hybridized carbons (Fsp3) is 0.250. The van der Waals surface area contributed by atoms with Gasteiger partial charge in [-0.2, -0.15) is 10.2 Å². The van der Waals surface area contributed by atoms with Crippen molar-refractivity contribution in [1.29, 1.82) is 0 Å². The molecule has 4 aromatic rings. The van der Waals surface area contributed by atoms with Crippen LogP contribution in [0, 0.1) is 5.82 Å². The van der Waals surface area contributed by atoms with Crippen LogP contribution in [0.3, 0.4) is 0 Å². The molecule has 0 spiro atoms. The van der Waals surface area contributed by atoms with Crippen LogP contribution in [0.15, 0.2) is 60.1 Å². The van der Waals surface area contributed by atoms with Gasteiger partial charge in [-0.15, -0.1) is 0 Å². The van der Waals surface area contributed by atoms with E-state index in [1.54, 1.807) is 18.5 Å². The van der Waals surface area contributed by atoms with Gasteiger partial charge in [0.15, 0.2) is 0 Å². The molecule has 1 aliphatic rings. The number of hydrazone groups is 1. The first-order chi connectivity index (χ1) is 16.2. The van der Waals surface area contributed by atoms with Crippen molar-refractivity contribution < 1.29 is 4.39 Å². The van der Waals surface area contributed by atoms with Crippen molar-refractivity contribution in [1.82, 2.24) is 24.8 Å². The minimum Gasteiger partial charge on any atom is -0.383 e. The van der Waals surface area contributed by atoms with Gasteiger partial charge >= 0.3 is 0 Å². The van der Waals surface area contributed by atoms with E-state index in [0.29, 0.717) is 23.7 Å². The maximum atomic E-state index is 13.5. The van der Waals surface area contributed by atoms with Crippen LogP contribution in [0.5, 0.6) is 0 Å². The van der Waals surface area contributed by atoms with Crippen LogP contribution in [0.1, 0.15) is 30.4 Å². The van der Waals surface area contributed by atoms with Crippen LogP contribution in [0.4, 0.5) is 21.7 Å². The Kier molecular flexibility index (Phi) is 5.84. The Balaban J connectivity index is 1.37. The number of nitrogens with one attached hydrogen (secondary N) is 1. The van der Waals surface area contributed by atoms with E-state index in [-0.39, 0.29) is 5.82 Å². The summed E-state index contributed by atoms with van der Waals surface area (Å²) in [6.07, 6.45) is 8.51. The number of fused-ring (bicyclic) bond motifs is 1. The van der Waals surface area contributed by atoms with Gasteiger partial charge in [0.2, 0.25) is 0 Å². The van der Waals surface area contributed by atoms with Crippen molar-refractivity contribution >= 4 is 34.4 Å². The molecule has 2 aromatic carbocycles. The van der Waals surface area contributed by atoms with Crippen LogP contribution in [0.25, 0.3) is 10.9 Å². The molecule has 0 amide bonds. The number of piperidine rings is 1. The summed E-state index contributed by atoms with van der Waals surface area (Å²) < 4.78 is 15.4. The average Bonchev–Trinajstić information content (AvgIpc) is 3.21. The molecule has 0 radical (unpaired) electrons. The predicted molar refractivity (Wildman–Crippen MR) is 128 cm³/mol. The smallest absolute Gasteiger partial charge is 0.144 e. The SMILES string of the molecule is Nc1ncnc(Nc2ccc3c(cnn3Cc3cccc(F)c3)c2)c1C=NN1CCCCC1. The number of halogens is 1. The zero-order chi connectivity index (χ0) is 22.6. The van der Waals surface area contributed by atoms with Gasteiger partial charge in [0, 0.05) is 24.2 Å². The van der Waals surface area contributed by atoms with Gasteiger partial charge in [0.05, 0.1) is 30.0 Å². The van der Waals surface area contributed by atoms with Gasteiger partial charge < -0.3 is 11.1 Å². The van der Waals surface area contributed by atoms with Gasteiger partial charge in [-0.1, -0.05) is 12.1 Å². The summed E-state index contributed by atoms with van der Waals surface area (Å²) in [5, 5.41) is 15.4. The van der Waals surface area contributed by atoms with E-state index in [2.05, 4.69) is 30.5 Å². The molecule has 0 bridgehead atoms. The number of nitrogens with zero attached hydrogens (tertiary/aromatic N) is 6. The van der Waals surface area contributed by atoms with Crippen LogP contribution < -0.4 is 11.1 Å². The van der Waals surface area contributed by atoms with Crippen molar-refractivity contribution in [3.05, 3.63) is 71.9 Å². The number of hydrogen-bond acceptors (Lipinski definition) is 7. The van der Waals surface area contributed by atoms with E-state index in [1.165, 1.54) is 24.9 Å². The Morgan fingerprint density at radius 3 is 2.82 bits per heavy atom. The molecule has 168 valence electrons. The first-order valence-electron chi connectivity index (χ1n) is 11.0. The number of rotatable bonds is 6. The average molecular weight is 445 g/mol. The monoisotopic (exact) mass is 444 g/mol. The van der Waals surface area contributed by atoms with Crippen LogP contribution in [-0.4, -0.2) is 44.1 Å². The number of benzene rings is 2. The lowest BCUT2D eigenvalue weighted by Gasteiger charge is -2.23. The summed E-state index contributed by atoms with van der Waals surface area (Å²) in [5.41, 5.74) is 9.45. The van der Waals surface area contributed by atoms with E-state index in [0.717, 1.165) is 48.1 Å². The van der Waals surface area contributed by atoms with E-state index >= 15 is 0 Å². The Bertz CT molecular complexity index is 1290. The molecule has 33 heavy (non-hydrogen) atoms. The maximum absolute atomic E-state index is 13.5. The maximum Gasteiger partial charge on any atom is 0.144 e. The molecule has 3 heterocycles. The standard InChI is InChI=1S/C24H25FN8/c25-19-6-4-5-17(11-19)15-33-22-8-7-20(12-18(22)13-30-33)31-24-21(23(26)27-16-28-24)14-29-32-9-2-1-3-10-32/h4-8,11-14,16H,1-3,9-10,15H2,(H3,26,27,28,31). The molecule has 1 aliphatic heterocycles. The van der Waals surface area contributed by atoms with E-state index in [9.17, 15) is 4.39 Å². The minimum absolute atomic E-state index is 0.251. The van der Waals surface area contributed by atoms with Gasteiger partial charge in [-0.05, 0) is 55.2 Å². The van der Waals surface area contributed by atoms with E-state index in [4.69, 9.17) is 5.73 Å². The van der Waals surface area contributed by atoms with Crippen molar-refractivity contribution in [2.45, 2.75) is 25.8 Å². The molecule has 0 saturated carbocycles. The molecule has 9 heteroatoms. The molecule has 8 nitrogen and oxygen atoms in total. The second-order valence-corrected chi connectivity index (χ2v) is 8.11. The molecule has 1 fully saturated rings. The summed E-state index contributed by atoms with van der Waals surface area (Å²) in [6, 6.07) is 12.5.